The summed E-state index contributed by atoms with van der Waals surface area (Å²) in [5, 5.41) is 0. The molecular weight excluding hydrogens is 296 g/mol. The van der Waals surface area contributed by atoms with Gasteiger partial charge in [0.25, 0.3) is 0 Å². The van der Waals surface area contributed by atoms with Gasteiger partial charge in [0, 0.05) is 25.3 Å². The minimum atomic E-state index is -3.18. The Balaban J connectivity index is 1.92. The third-order valence-corrected chi connectivity index (χ3v) is 6.56. The quantitative estimate of drug-likeness (QED) is 0.836. The van der Waals surface area contributed by atoms with E-state index in [1.807, 2.05) is 6.92 Å². The molecule has 0 unspecified atom stereocenters. The molecule has 122 valence electrons. The van der Waals surface area contributed by atoms with Gasteiger partial charge < -0.3 is 4.90 Å². The molecule has 0 N–H and O–H groups in total. The van der Waals surface area contributed by atoms with Gasteiger partial charge in [-0.2, -0.15) is 0 Å². The van der Waals surface area contributed by atoms with E-state index in [0.717, 1.165) is 44.5 Å². The molecule has 4 nitrogen and oxygen atoms in total. The lowest BCUT2D eigenvalue weighted by molar-refractivity contribution is 0.583. The zero-order valence-corrected chi connectivity index (χ0v) is 14.2. The Morgan fingerprint density at radius 1 is 1.09 bits per heavy atom. The zero-order chi connectivity index (χ0) is 15.6. The predicted octanol–water partition coefficient (Wildman–Crippen LogP) is 3.17. The van der Waals surface area contributed by atoms with Crippen LogP contribution in [0.2, 0.25) is 0 Å². The number of anilines is 2. The Morgan fingerprint density at radius 2 is 1.86 bits per heavy atom. The summed E-state index contributed by atoms with van der Waals surface area (Å²) < 4.78 is 27.0. The molecule has 0 radical (unpaired) electrons. The van der Waals surface area contributed by atoms with Gasteiger partial charge in [-0.15, -0.1) is 0 Å². The first-order chi connectivity index (χ1) is 10.6. The summed E-state index contributed by atoms with van der Waals surface area (Å²) in [5.74, 6) is 0.261. The third kappa shape index (κ3) is 3.09. The lowest BCUT2D eigenvalue weighted by Crippen LogP contribution is -2.37. The van der Waals surface area contributed by atoms with E-state index in [0.29, 0.717) is 6.54 Å². The molecule has 0 atom stereocenters. The van der Waals surface area contributed by atoms with Gasteiger partial charge >= 0.3 is 0 Å². The molecule has 3 rings (SSSR count). The van der Waals surface area contributed by atoms with E-state index in [1.165, 1.54) is 24.1 Å². The monoisotopic (exact) mass is 322 g/mol. The molecule has 5 heteroatoms. The van der Waals surface area contributed by atoms with Crippen molar-refractivity contribution in [3.8, 4) is 0 Å². The minimum absolute atomic E-state index is 0.261. The van der Waals surface area contributed by atoms with Crippen LogP contribution in [-0.4, -0.2) is 33.8 Å². The van der Waals surface area contributed by atoms with Crippen molar-refractivity contribution in [1.82, 2.24) is 0 Å². The smallest absolute Gasteiger partial charge is 0.235 e. The first kappa shape index (κ1) is 15.7. The molecule has 22 heavy (non-hydrogen) atoms. The summed E-state index contributed by atoms with van der Waals surface area (Å²) >= 11 is 0. The van der Waals surface area contributed by atoms with Crippen molar-refractivity contribution >= 4 is 21.4 Å². The summed E-state index contributed by atoms with van der Waals surface area (Å²) in [5.41, 5.74) is 3.27. The molecule has 0 bridgehead atoms. The van der Waals surface area contributed by atoms with Crippen LogP contribution < -0.4 is 9.21 Å². The number of fused-ring (bicyclic) bond motifs is 1. The number of hydrogen-bond donors (Lipinski definition) is 0. The Labute approximate surface area is 134 Å². The van der Waals surface area contributed by atoms with Crippen molar-refractivity contribution in [2.45, 2.75) is 45.4 Å². The number of aryl methyl sites for hydroxylation is 1. The predicted molar refractivity (Wildman–Crippen MR) is 92.3 cm³/mol. The average Bonchev–Trinajstić information content (AvgIpc) is 3.06. The molecule has 0 aliphatic carbocycles. The maximum Gasteiger partial charge on any atom is 0.235 e. The molecule has 2 heterocycles. The third-order valence-electron chi connectivity index (χ3n) is 4.71. The lowest BCUT2D eigenvalue weighted by atomic mass is 10.0. The molecule has 1 saturated heterocycles. The maximum absolute atomic E-state index is 12.7. The van der Waals surface area contributed by atoms with Crippen LogP contribution in [0.15, 0.2) is 18.2 Å². The van der Waals surface area contributed by atoms with Crippen LogP contribution in [0.1, 0.15) is 44.6 Å². The largest absolute Gasteiger partial charge is 0.371 e. The fourth-order valence-corrected chi connectivity index (χ4v) is 5.18. The fraction of sp³-hybridized carbons (Fsp3) is 0.647. The summed E-state index contributed by atoms with van der Waals surface area (Å²) in [7, 11) is -3.18. The Bertz CT molecular complexity index is 622. The normalized spacial score (nSPS) is 18.6. The van der Waals surface area contributed by atoms with Crippen molar-refractivity contribution in [3.05, 3.63) is 23.8 Å². The van der Waals surface area contributed by atoms with Crippen molar-refractivity contribution in [2.24, 2.45) is 0 Å². The molecule has 1 aromatic carbocycles. The van der Waals surface area contributed by atoms with Gasteiger partial charge in [-0.25, -0.2) is 8.42 Å². The highest BCUT2D eigenvalue weighted by atomic mass is 32.2. The summed E-state index contributed by atoms with van der Waals surface area (Å²) in [6.07, 6.45) is 6.01. The van der Waals surface area contributed by atoms with Crippen molar-refractivity contribution in [1.29, 1.82) is 0 Å². The van der Waals surface area contributed by atoms with Gasteiger partial charge in [0.15, 0.2) is 0 Å². The molecule has 0 amide bonds. The summed E-state index contributed by atoms with van der Waals surface area (Å²) in [6.45, 7) is 4.83. The van der Waals surface area contributed by atoms with Crippen LogP contribution in [0, 0.1) is 0 Å². The van der Waals surface area contributed by atoms with E-state index in [2.05, 4.69) is 23.1 Å². The van der Waals surface area contributed by atoms with Gasteiger partial charge in [-0.3, -0.25) is 4.31 Å². The Hall–Kier alpha value is -1.23. The van der Waals surface area contributed by atoms with Gasteiger partial charge in [-0.05, 0) is 49.8 Å². The molecule has 2 aliphatic rings. The highest BCUT2D eigenvalue weighted by Gasteiger charge is 2.27. The Kier molecular flexibility index (Phi) is 4.62. The maximum atomic E-state index is 12.7. The number of rotatable bonds is 5. The molecule has 1 fully saturated rings. The Morgan fingerprint density at radius 3 is 2.59 bits per heavy atom. The molecule has 0 aromatic heterocycles. The number of hydrogen-bond acceptors (Lipinski definition) is 3. The van der Waals surface area contributed by atoms with E-state index < -0.39 is 10.0 Å². The van der Waals surface area contributed by atoms with Gasteiger partial charge in [-0.1, -0.05) is 19.4 Å². The van der Waals surface area contributed by atoms with Crippen molar-refractivity contribution < 1.29 is 8.42 Å². The van der Waals surface area contributed by atoms with E-state index in [9.17, 15) is 8.42 Å². The second-order valence-electron chi connectivity index (χ2n) is 6.35. The van der Waals surface area contributed by atoms with Crippen LogP contribution >= 0.6 is 0 Å². The van der Waals surface area contributed by atoms with Gasteiger partial charge in [0.2, 0.25) is 10.0 Å². The van der Waals surface area contributed by atoms with Crippen LogP contribution in [0.3, 0.4) is 0 Å². The first-order valence-corrected chi connectivity index (χ1v) is 10.1. The second-order valence-corrected chi connectivity index (χ2v) is 8.37. The highest BCUT2D eigenvalue weighted by Crippen LogP contribution is 2.34. The van der Waals surface area contributed by atoms with E-state index in [1.54, 1.807) is 4.31 Å². The van der Waals surface area contributed by atoms with Crippen LogP contribution in [-0.2, 0) is 16.4 Å². The number of unbranched alkanes of at least 4 members (excludes halogenated alkanes) is 1. The second kappa shape index (κ2) is 6.49. The molecule has 0 spiro atoms. The van der Waals surface area contributed by atoms with Gasteiger partial charge in [0.1, 0.15) is 0 Å². The summed E-state index contributed by atoms with van der Waals surface area (Å²) in [6, 6.07) is 6.39. The molecule has 1 aromatic rings. The van der Waals surface area contributed by atoms with Crippen molar-refractivity contribution in [3.63, 3.8) is 0 Å². The van der Waals surface area contributed by atoms with Crippen LogP contribution in [0.25, 0.3) is 0 Å². The van der Waals surface area contributed by atoms with Crippen LogP contribution in [0.5, 0.6) is 0 Å². The van der Waals surface area contributed by atoms with Crippen molar-refractivity contribution in [2.75, 3.05) is 34.6 Å². The zero-order valence-electron chi connectivity index (χ0n) is 13.4. The number of sulfonamides is 1. The van der Waals surface area contributed by atoms with E-state index in [-0.39, 0.29) is 5.75 Å². The van der Waals surface area contributed by atoms with Gasteiger partial charge in [0.05, 0.1) is 11.4 Å². The van der Waals surface area contributed by atoms with Crippen LogP contribution in [0.4, 0.5) is 11.4 Å². The number of nitrogens with zero attached hydrogens (tertiary/aromatic N) is 2. The molecule has 2 aliphatic heterocycles. The molecular formula is C17H26N2O2S. The number of benzene rings is 1. The average molecular weight is 322 g/mol. The highest BCUT2D eigenvalue weighted by molar-refractivity contribution is 7.92. The SMILES string of the molecule is CCCCS(=O)(=O)N1CCCc2ccc(N3CCCC3)cc21. The van der Waals surface area contributed by atoms with E-state index >= 15 is 0 Å². The first-order valence-electron chi connectivity index (χ1n) is 8.50. The summed E-state index contributed by atoms with van der Waals surface area (Å²) in [4.78, 5) is 2.37. The molecule has 0 saturated carbocycles. The minimum Gasteiger partial charge on any atom is -0.371 e. The fourth-order valence-electron chi connectivity index (χ4n) is 3.43. The lowest BCUT2D eigenvalue weighted by Gasteiger charge is -2.32. The topological polar surface area (TPSA) is 40.6 Å². The van der Waals surface area contributed by atoms with E-state index in [4.69, 9.17) is 0 Å². The standard InChI is InChI=1S/C17H26N2O2S/c1-2-3-13-22(20,21)19-12-6-7-15-8-9-16(14-17(15)19)18-10-4-5-11-18/h8-9,14H,2-7,10-13H2,1H3.